The summed E-state index contributed by atoms with van der Waals surface area (Å²) in [5.41, 5.74) is -0.183. The van der Waals surface area contributed by atoms with Crippen LogP contribution in [-0.2, 0) is 15.7 Å². The molecule has 0 unspecified atom stereocenters. The summed E-state index contributed by atoms with van der Waals surface area (Å²) in [6.45, 7) is 4.24. The predicted octanol–water partition coefficient (Wildman–Crippen LogP) is 2.59. The molecule has 0 amide bonds. The molecule has 0 N–H and O–H groups in total. The first-order valence-corrected chi connectivity index (χ1v) is 4.46. The first-order valence-electron chi connectivity index (χ1n) is 4.46. The van der Waals surface area contributed by atoms with Crippen molar-refractivity contribution in [2.24, 2.45) is 0 Å². The maximum Gasteiger partial charge on any atom is 0.417 e. The van der Waals surface area contributed by atoms with Crippen LogP contribution in [0.2, 0.25) is 0 Å². The second-order valence-electron chi connectivity index (χ2n) is 2.80. The highest BCUT2D eigenvalue weighted by molar-refractivity contribution is 5.36. The van der Waals surface area contributed by atoms with Crippen molar-refractivity contribution in [1.82, 2.24) is 4.98 Å². The number of rotatable bonds is 2. The van der Waals surface area contributed by atoms with E-state index in [-0.39, 0.29) is 0 Å². The first-order chi connectivity index (χ1) is 7.41. The van der Waals surface area contributed by atoms with Crippen molar-refractivity contribution < 1.29 is 22.7 Å². The first kappa shape index (κ1) is 14.4. The molecule has 0 spiro atoms. The van der Waals surface area contributed by atoms with Gasteiger partial charge in [-0.15, -0.1) is 0 Å². The fraction of sp³-hybridized carbons (Fsp3) is 0.400. The molecule has 0 radical (unpaired) electrons. The second kappa shape index (κ2) is 6.81. The molecule has 1 aromatic heterocycles. The van der Waals surface area contributed by atoms with Crippen LogP contribution in [0.25, 0.3) is 0 Å². The van der Waals surface area contributed by atoms with Crippen LogP contribution in [0.3, 0.4) is 0 Å². The molecule has 0 bridgehead atoms. The van der Waals surface area contributed by atoms with Crippen molar-refractivity contribution in [1.29, 1.82) is 0 Å². The molecule has 16 heavy (non-hydrogen) atoms. The van der Waals surface area contributed by atoms with Gasteiger partial charge in [-0.3, -0.25) is 9.78 Å². The van der Waals surface area contributed by atoms with Crippen LogP contribution in [0.1, 0.15) is 18.1 Å². The third-order valence-corrected chi connectivity index (χ3v) is 1.44. The zero-order chi connectivity index (χ0) is 12.6. The molecule has 0 aliphatic carbocycles. The van der Waals surface area contributed by atoms with Crippen LogP contribution in [0.15, 0.2) is 18.5 Å². The molecule has 0 aromatic carbocycles. The van der Waals surface area contributed by atoms with Crippen molar-refractivity contribution in [2.45, 2.75) is 20.0 Å². The molecule has 0 atom stereocenters. The molecule has 0 saturated heterocycles. The lowest BCUT2D eigenvalue weighted by atomic mass is 10.2. The second-order valence-corrected chi connectivity index (χ2v) is 2.80. The lowest BCUT2D eigenvalue weighted by molar-refractivity contribution is -0.137. The van der Waals surface area contributed by atoms with Crippen molar-refractivity contribution in [3.63, 3.8) is 0 Å². The lowest BCUT2D eigenvalue weighted by Crippen LogP contribution is -2.05. The summed E-state index contributed by atoms with van der Waals surface area (Å²) in [4.78, 5) is 12.6. The Morgan fingerprint density at radius 1 is 1.44 bits per heavy atom. The van der Waals surface area contributed by atoms with Gasteiger partial charge in [0.15, 0.2) is 0 Å². The Labute approximate surface area is 91.3 Å². The summed E-state index contributed by atoms with van der Waals surface area (Å²) in [5.74, 6) is 0. The molecule has 6 heteroatoms. The van der Waals surface area contributed by atoms with Gasteiger partial charge >= 0.3 is 6.18 Å². The lowest BCUT2D eigenvalue weighted by Gasteiger charge is -2.05. The number of ether oxygens (including phenoxy) is 1. The van der Waals surface area contributed by atoms with Gasteiger partial charge in [-0.05, 0) is 25.5 Å². The van der Waals surface area contributed by atoms with Gasteiger partial charge in [-0.2, -0.15) is 13.2 Å². The number of hydrogen-bond donors (Lipinski definition) is 0. The number of alkyl halides is 3. The summed E-state index contributed by atoms with van der Waals surface area (Å²) >= 11 is 0. The highest BCUT2D eigenvalue weighted by Gasteiger charge is 2.30. The number of hydrogen-bond acceptors (Lipinski definition) is 3. The van der Waals surface area contributed by atoms with Crippen molar-refractivity contribution >= 4 is 6.47 Å². The SMILES string of the molecule is CCOC=O.Cc1cncc(C(F)(F)F)c1. The van der Waals surface area contributed by atoms with Gasteiger partial charge in [-0.1, -0.05) is 0 Å². The minimum absolute atomic E-state index is 0.431. The summed E-state index contributed by atoms with van der Waals surface area (Å²) in [5, 5.41) is 0. The minimum atomic E-state index is -4.28. The van der Waals surface area contributed by atoms with Crippen LogP contribution in [-0.4, -0.2) is 18.1 Å². The van der Waals surface area contributed by atoms with Gasteiger partial charge < -0.3 is 4.74 Å². The fourth-order valence-corrected chi connectivity index (χ4v) is 0.778. The maximum absolute atomic E-state index is 11.9. The largest absolute Gasteiger partial charge is 0.468 e. The normalized spacial score (nSPS) is 10.1. The molecule has 1 heterocycles. The third kappa shape index (κ3) is 6.00. The smallest absolute Gasteiger partial charge is 0.417 e. The molecule has 0 saturated carbocycles. The van der Waals surface area contributed by atoms with Crippen molar-refractivity contribution in [3.05, 3.63) is 29.6 Å². The number of halogens is 3. The van der Waals surface area contributed by atoms with E-state index in [0.717, 1.165) is 12.3 Å². The van der Waals surface area contributed by atoms with Crippen LogP contribution in [0.4, 0.5) is 13.2 Å². The average Bonchev–Trinajstić information content (AvgIpc) is 2.18. The number of nitrogens with zero attached hydrogens (tertiary/aromatic N) is 1. The van der Waals surface area contributed by atoms with E-state index >= 15 is 0 Å². The van der Waals surface area contributed by atoms with Crippen molar-refractivity contribution in [3.8, 4) is 0 Å². The topological polar surface area (TPSA) is 39.2 Å². The van der Waals surface area contributed by atoms with E-state index in [1.165, 1.54) is 6.20 Å². The molecule has 1 rings (SSSR count). The maximum atomic E-state index is 11.9. The molecule has 90 valence electrons. The summed E-state index contributed by atoms with van der Waals surface area (Å²) in [6.07, 6.45) is -2.08. The number of aryl methyl sites for hydroxylation is 1. The monoisotopic (exact) mass is 235 g/mol. The van der Waals surface area contributed by atoms with Gasteiger partial charge in [0.25, 0.3) is 6.47 Å². The quantitative estimate of drug-likeness (QED) is 0.739. The molecule has 3 nitrogen and oxygen atoms in total. The fourth-order valence-electron chi connectivity index (χ4n) is 0.778. The molecule has 0 aliphatic heterocycles. The summed E-state index contributed by atoms with van der Waals surface area (Å²) < 4.78 is 39.9. The Balaban J connectivity index is 0.000000385. The van der Waals surface area contributed by atoms with Gasteiger partial charge in [0.05, 0.1) is 12.2 Å². The Hall–Kier alpha value is -1.59. The number of carbonyl (C=O) groups excluding carboxylic acids is 1. The van der Waals surface area contributed by atoms with Crippen LogP contribution in [0, 0.1) is 6.92 Å². The Morgan fingerprint density at radius 3 is 2.31 bits per heavy atom. The van der Waals surface area contributed by atoms with E-state index in [2.05, 4.69) is 9.72 Å². The molecule has 0 aliphatic rings. The Bertz CT molecular complexity index is 326. The van der Waals surface area contributed by atoms with E-state index < -0.39 is 11.7 Å². The minimum Gasteiger partial charge on any atom is -0.468 e. The van der Waals surface area contributed by atoms with Crippen LogP contribution >= 0.6 is 0 Å². The standard InChI is InChI=1S/C7H6F3N.C3H6O2/c1-5-2-6(4-11-3-5)7(8,9)10;1-2-5-3-4/h2-4H,1H3;3H,2H2,1H3. The highest BCUT2D eigenvalue weighted by Crippen LogP contribution is 2.28. The van der Waals surface area contributed by atoms with Crippen molar-refractivity contribution in [2.75, 3.05) is 6.61 Å². The zero-order valence-corrected chi connectivity index (χ0v) is 8.91. The molecular weight excluding hydrogens is 223 g/mol. The van der Waals surface area contributed by atoms with Gasteiger partial charge in [0.1, 0.15) is 0 Å². The Kier molecular flexibility index (Phi) is 6.14. The molecular formula is C10H12F3NO2. The van der Waals surface area contributed by atoms with Gasteiger partial charge in [0.2, 0.25) is 0 Å². The average molecular weight is 235 g/mol. The van der Waals surface area contributed by atoms with E-state index in [1.54, 1.807) is 13.8 Å². The third-order valence-electron chi connectivity index (χ3n) is 1.44. The van der Waals surface area contributed by atoms with Gasteiger partial charge in [0, 0.05) is 12.4 Å². The summed E-state index contributed by atoms with van der Waals surface area (Å²) in [7, 11) is 0. The summed E-state index contributed by atoms with van der Waals surface area (Å²) in [6, 6.07) is 1.06. The van der Waals surface area contributed by atoms with E-state index in [9.17, 15) is 18.0 Å². The van der Waals surface area contributed by atoms with E-state index in [1.807, 2.05) is 0 Å². The number of aromatic nitrogens is 1. The molecule has 1 aromatic rings. The van der Waals surface area contributed by atoms with Crippen LogP contribution < -0.4 is 0 Å². The number of carbonyl (C=O) groups is 1. The zero-order valence-electron chi connectivity index (χ0n) is 8.91. The van der Waals surface area contributed by atoms with Crippen LogP contribution in [0.5, 0.6) is 0 Å². The predicted molar refractivity (Wildman–Crippen MR) is 51.7 cm³/mol. The van der Waals surface area contributed by atoms with E-state index in [4.69, 9.17) is 0 Å². The van der Waals surface area contributed by atoms with E-state index in [0.29, 0.717) is 18.6 Å². The van der Waals surface area contributed by atoms with Gasteiger partial charge in [-0.25, -0.2) is 0 Å². The highest BCUT2D eigenvalue weighted by atomic mass is 19.4. The Morgan fingerprint density at radius 2 is 2.06 bits per heavy atom. The molecule has 0 fully saturated rings. The number of pyridine rings is 1.